The number of rotatable bonds is 12. The maximum absolute atomic E-state index is 13.5. The minimum absolute atomic E-state index is 0.0819. The number of aliphatic hydroxyl groups excluding tert-OH is 2. The Labute approximate surface area is 269 Å². The first-order valence-electron chi connectivity index (χ1n) is 13.8. The fourth-order valence-corrected chi connectivity index (χ4v) is 8.22. The van der Waals surface area contributed by atoms with Crippen molar-refractivity contribution in [2.75, 3.05) is 29.6 Å². The standard InChI is InChI=1S/C31H28ClFN4O6S2/c32-25-9-21(4-5-28(25)42-16-18-2-1-3-20(33)8-18)36-31-19(13-34)14-35-26-12-29(43-17-22(39)15-38)27(11-24(26)31)37-30(40)10-23-6-7-45(41)44-23/h1-5,8-9,11-12,14,22-23,38-39H,6-7,10,15-17H2,(H,35,36)(H,37,40). The Morgan fingerprint density at radius 2 is 2.07 bits per heavy atom. The van der Waals surface area contributed by atoms with Crippen LogP contribution in [0.2, 0.25) is 5.02 Å². The van der Waals surface area contributed by atoms with E-state index in [1.54, 1.807) is 42.5 Å². The summed E-state index contributed by atoms with van der Waals surface area (Å²) < 4.78 is 36.8. The monoisotopic (exact) mass is 670 g/mol. The van der Waals surface area contributed by atoms with E-state index in [1.165, 1.54) is 29.1 Å². The number of amides is 1. The number of anilines is 3. The van der Waals surface area contributed by atoms with Crippen molar-refractivity contribution in [2.45, 2.75) is 30.8 Å². The molecule has 3 aromatic carbocycles. The number of nitriles is 1. The summed E-state index contributed by atoms with van der Waals surface area (Å²) >= 11 is 6.50. The molecular formula is C31H28ClFN4O6S2. The number of aliphatic hydroxyl groups is 2. The van der Waals surface area contributed by atoms with Crippen molar-refractivity contribution in [3.05, 3.63) is 82.8 Å². The van der Waals surface area contributed by atoms with Gasteiger partial charge in [-0.1, -0.05) is 34.5 Å². The highest BCUT2D eigenvalue weighted by Gasteiger charge is 2.25. The molecule has 0 bridgehead atoms. The number of benzene rings is 3. The van der Waals surface area contributed by atoms with Gasteiger partial charge in [0.05, 0.1) is 43.9 Å². The number of fused-ring (bicyclic) bond motifs is 1. The van der Waals surface area contributed by atoms with Crippen LogP contribution in [0.1, 0.15) is 24.0 Å². The van der Waals surface area contributed by atoms with Crippen LogP contribution in [0.3, 0.4) is 0 Å². The van der Waals surface area contributed by atoms with E-state index in [0.29, 0.717) is 45.8 Å². The van der Waals surface area contributed by atoms with Crippen molar-refractivity contribution in [3.63, 3.8) is 0 Å². The first-order valence-corrected chi connectivity index (χ1v) is 16.9. The lowest BCUT2D eigenvalue weighted by molar-refractivity contribution is -0.116. The number of aromatic nitrogens is 1. The fourth-order valence-electron chi connectivity index (χ4n) is 4.54. The zero-order chi connectivity index (χ0) is 31.9. The van der Waals surface area contributed by atoms with Crippen molar-refractivity contribution in [2.24, 2.45) is 0 Å². The Balaban J connectivity index is 1.43. The molecular weight excluding hydrogens is 643 g/mol. The Hall–Kier alpha value is -3.93. The largest absolute Gasteiger partial charge is 0.489 e. The second kappa shape index (κ2) is 14.9. The minimum Gasteiger partial charge on any atom is -0.489 e. The molecule has 1 aliphatic heterocycles. The third-order valence-corrected chi connectivity index (χ3v) is 10.5. The molecule has 2 heterocycles. The Bertz CT molecular complexity index is 1790. The normalized spacial score (nSPS) is 16.6. The number of nitrogens with one attached hydrogen (secondary N) is 2. The van der Waals surface area contributed by atoms with Gasteiger partial charge in [-0.2, -0.15) is 5.26 Å². The molecule has 0 radical (unpaired) electrons. The minimum atomic E-state index is -1.15. The zero-order valence-electron chi connectivity index (χ0n) is 23.7. The summed E-state index contributed by atoms with van der Waals surface area (Å²) in [5.41, 5.74) is 2.48. The highest BCUT2D eigenvalue weighted by molar-refractivity contribution is 8.69. The van der Waals surface area contributed by atoms with E-state index < -0.39 is 22.5 Å². The molecule has 0 spiro atoms. The Morgan fingerprint density at radius 1 is 1.22 bits per heavy atom. The van der Waals surface area contributed by atoms with Crippen molar-refractivity contribution in [1.82, 2.24) is 4.98 Å². The van der Waals surface area contributed by atoms with Gasteiger partial charge in [-0.25, -0.2) is 8.60 Å². The molecule has 4 aromatic rings. The number of carbonyl (C=O) groups excluding carboxylic acids is 1. The van der Waals surface area contributed by atoms with E-state index in [1.807, 2.05) is 0 Å². The lowest BCUT2D eigenvalue weighted by Crippen LogP contribution is -2.22. The number of carbonyl (C=O) groups is 1. The van der Waals surface area contributed by atoms with Gasteiger partial charge in [0.15, 0.2) is 0 Å². The molecule has 1 amide bonds. The van der Waals surface area contributed by atoms with Gasteiger partial charge in [0, 0.05) is 40.8 Å². The average molecular weight is 671 g/mol. The second-order valence-corrected chi connectivity index (χ2v) is 14.1. The van der Waals surface area contributed by atoms with Gasteiger partial charge in [-0.15, -0.1) is 0 Å². The van der Waals surface area contributed by atoms with Gasteiger partial charge >= 0.3 is 0 Å². The highest BCUT2D eigenvalue weighted by Crippen LogP contribution is 2.38. The van der Waals surface area contributed by atoms with Gasteiger partial charge in [0.2, 0.25) is 5.91 Å². The van der Waals surface area contributed by atoms with Crippen molar-refractivity contribution in [1.29, 1.82) is 5.26 Å². The van der Waals surface area contributed by atoms with Crippen LogP contribution in [0, 0.1) is 17.1 Å². The lowest BCUT2D eigenvalue weighted by atomic mass is 10.1. The topological polar surface area (TPSA) is 154 Å². The third-order valence-electron chi connectivity index (χ3n) is 6.75. The lowest BCUT2D eigenvalue weighted by Gasteiger charge is -2.18. The summed E-state index contributed by atoms with van der Waals surface area (Å²) in [6.45, 7) is -0.639. The molecule has 1 saturated heterocycles. The summed E-state index contributed by atoms with van der Waals surface area (Å²) in [4.78, 5) is 17.4. The van der Waals surface area contributed by atoms with Crippen LogP contribution in [0.4, 0.5) is 21.5 Å². The molecule has 0 aliphatic carbocycles. The van der Waals surface area contributed by atoms with E-state index in [-0.39, 0.29) is 58.6 Å². The van der Waals surface area contributed by atoms with Gasteiger partial charge in [-0.05, 0) is 48.4 Å². The predicted molar refractivity (Wildman–Crippen MR) is 173 cm³/mol. The number of nitrogens with zero attached hydrogens (tertiary/aromatic N) is 2. The Kier molecular flexibility index (Phi) is 10.7. The molecule has 45 heavy (non-hydrogen) atoms. The summed E-state index contributed by atoms with van der Waals surface area (Å²) in [7, 11) is 0.263. The molecule has 1 aliphatic rings. The molecule has 14 heteroatoms. The molecule has 3 unspecified atom stereocenters. The number of halogens is 2. The van der Waals surface area contributed by atoms with Gasteiger partial charge in [0.1, 0.15) is 42.7 Å². The summed E-state index contributed by atoms with van der Waals surface area (Å²) in [6, 6.07) is 16.3. The van der Waals surface area contributed by atoms with E-state index in [9.17, 15) is 28.9 Å². The van der Waals surface area contributed by atoms with Crippen molar-refractivity contribution < 1.29 is 33.1 Å². The molecule has 234 valence electrons. The maximum atomic E-state index is 13.5. The Morgan fingerprint density at radius 3 is 2.78 bits per heavy atom. The van der Waals surface area contributed by atoms with Crippen LogP contribution in [0.5, 0.6) is 11.5 Å². The van der Waals surface area contributed by atoms with Gasteiger partial charge < -0.3 is 30.3 Å². The number of pyridine rings is 1. The number of hydrogen-bond donors (Lipinski definition) is 4. The number of hydrogen-bond acceptors (Lipinski definition) is 10. The van der Waals surface area contributed by atoms with Crippen LogP contribution in [-0.4, -0.2) is 55.6 Å². The molecule has 1 fully saturated rings. The first-order chi connectivity index (χ1) is 21.7. The van der Waals surface area contributed by atoms with E-state index >= 15 is 0 Å². The van der Waals surface area contributed by atoms with Crippen molar-refractivity contribution in [3.8, 4) is 17.6 Å². The predicted octanol–water partition coefficient (Wildman–Crippen LogP) is 5.45. The summed E-state index contributed by atoms with van der Waals surface area (Å²) in [5, 5.41) is 35.7. The van der Waals surface area contributed by atoms with Crippen LogP contribution >= 0.6 is 22.4 Å². The van der Waals surface area contributed by atoms with E-state index in [4.69, 9.17) is 21.1 Å². The van der Waals surface area contributed by atoms with Crippen LogP contribution in [0.25, 0.3) is 10.9 Å². The maximum Gasteiger partial charge on any atom is 0.225 e. The SMILES string of the molecule is N#Cc1cnc2cc(OCC(O)CO)c(NC(=O)CC3CCS(=O)S3)cc2c1Nc1ccc(OCc2cccc(F)c2)c(Cl)c1. The van der Waals surface area contributed by atoms with Crippen LogP contribution in [-0.2, 0) is 21.2 Å². The molecule has 1 aromatic heterocycles. The molecule has 3 atom stereocenters. The van der Waals surface area contributed by atoms with Crippen molar-refractivity contribution >= 4 is 66.1 Å². The molecule has 0 saturated carbocycles. The smallest absolute Gasteiger partial charge is 0.225 e. The fraction of sp³-hybridized carbons (Fsp3) is 0.258. The highest BCUT2D eigenvalue weighted by atomic mass is 35.5. The molecule has 4 N–H and O–H groups in total. The summed E-state index contributed by atoms with van der Waals surface area (Å²) in [6.07, 6.45) is 1.05. The zero-order valence-corrected chi connectivity index (χ0v) is 26.1. The van der Waals surface area contributed by atoms with Crippen LogP contribution in [0.15, 0.2) is 60.8 Å². The molecule has 10 nitrogen and oxygen atoms in total. The van der Waals surface area contributed by atoms with Crippen LogP contribution < -0.4 is 20.1 Å². The second-order valence-electron chi connectivity index (χ2n) is 10.1. The third kappa shape index (κ3) is 8.42. The van der Waals surface area contributed by atoms with E-state index in [2.05, 4.69) is 21.7 Å². The van der Waals surface area contributed by atoms with Gasteiger partial charge in [-0.3, -0.25) is 9.78 Å². The van der Waals surface area contributed by atoms with Gasteiger partial charge in [0.25, 0.3) is 0 Å². The molecule has 5 rings (SSSR count). The number of ether oxygens (including phenoxy) is 2. The average Bonchev–Trinajstić information content (AvgIpc) is 3.43. The van der Waals surface area contributed by atoms with E-state index in [0.717, 1.165) is 0 Å². The quantitative estimate of drug-likeness (QED) is 0.143. The first kappa shape index (κ1) is 32.5. The summed E-state index contributed by atoms with van der Waals surface area (Å²) in [5.74, 6) is 0.435.